The lowest BCUT2D eigenvalue weighted by molar-refractivity contribution is 0.511. The van der Waals surface area contributed by atoms with Crippen LogP contribution in [0.3, 0.4) is 0 Å². The van der Waals surface area contributed by atoms with Gasteiger partial charge in [0.15, 0.2) is 0 Å². The molecule has 0 spiro atoms. The molecule has 1 atom stereocenters. The third-order valence-corrected chi connectivity index (χ3v) is 5.80. The van der Waals surface area contributed by atoms with Crippen molar-refractivity contribution in [2.75, 3.05) is 12.3 Å². The molecule has 21 heavy (non-hydrogen) atoms. The van der Waals surface area contributed by atoms with Gasteiger partial charge >= 0.3 is 0 Å². The average Bonchev–Trinajstić information content (AvgIpc) is 2.45. The van der Waals surface area contributed by atoms with E-state index in [4.69, 9.17) is 0 Å². The molecule has 0 bridgehead atoms. The maximum Gasteiger partial charge on any atom is 0.128 e. The summed E-state index contributed by atoms with van der Waals surface area (Å²) in [5.74, 6) is 0.918. The number of rotatable bonds is 6. The third kappa shape index (κ3) is 4.72. The van der Waals surface area contributed by atoms with Gasteiger partial charge in [-0.05, 0) is 50.4 Å². The number of nitrogens with one attached hydrogen (secondary N) is 1. The van der Waals surface area contributed by atoms with Gasteiger partial charge in [0.05, 0.1) is 0 Å². The van der Waals surface area contributed by atoms with Crippen molar-refractivity contribution in [2.24, 2.45) is 0 Å². The fourth-order valence-electron chi connectivity index (χ4n) is 3.32. The molecule has 1 unspecified atom stereocenters. The SMILES string of the molecule is CCNC(CSC1CCCCC1)c1c(C)cc(C)cc1F. The van der Waals surface area contributed by atoms with Crippen LogP contribution in [0, 0.1) is 19.7 Å². The van der Waals surface area contributed by atoms with E-state index in [1.807, 2.05) is 25.6 Å². The maximum atomic E-state index is 14.4. The van der Waals surface area contributed by atoms with Gasteiger partial charge < -0.3 is 5.32 Å². The number of aryl methyl sites for hydroxylation is 2. The molecule has 1 aliphatic carbocycles. The predicted octanol–water partition coefficient (Wildman–Crippen LogP) is 5.16. The Morgan fingerprint density at radius 3 is 2.57 bits per heavy atom. The van der Waals surface area contributed by atoms with Crippen molar-refractivity contribution in [2.45, 2.75) is 64.2 Å². The molecule has 0 amide bonds. The number of halogens is 1. The summed E-state index contributed by atoms with van der Waals surface area (Å²) in [5, 5.41) is 4.25. The summed E-state index contributed by atoms with van der Waals surface area (Å²) >= 11 is 2.03. The fraction of sp³-hybridized carbons (Fsp3) is 0.667. The molecular formula is C18H28FNS. The van der Waals surface area contributed by atoms with Gasteiger partial charge in [-0.15, -0.1) is 0 Å². The average molecular weight is 309 g/mol. The third-order valence-electron chi connectivity index (χ3n) is 4.33. The van der Waals surface area contributed by atoms with Crippen molar-refractivity contribution in [1.29, 1.82) is 0 Å². The number of hydrogen-bond donors (Lipinski definition) is 1. The maximum absolute atomic E-state index is 14.4. The smallest absolute Gasteiger partial charge is 0.128 e. The van der Waals surface area contributed by atoms with E-state index in [2.05, 4.69) is 18.3 Å². The second kappa shape index (κ2) is 8.19. The zero-order valence-electron chi connectivity index (χ0n) is 13.5. The van der Waals surface area contributed by atoms with Crippen LogP contribution in [0.4, 0.5) is 4.39 Å². The van der Waals surface area contributed by atoms with Crippen LogP contribution in [0.5, 0.6) is 0 Å². The van der Waals surface area contributed by atoms with Gasteiger partial charge in [0.1, 0.15) is 5.82 Å². The summed E-state index contributed by atoms with van der Waals surface area (Å²) in [5.41, 5.74) is 2.94. The summed E-state index contributed by atoms with van der Waals surface area (Å²) in [7, 11) is 0. The molecule has 1 aliphatic rings. The molecule has 0 saturated heterocycles. The van der Waals surface area contributed by atoms with Gasteiger partial charge in [0.25, 0.3) is 0 Å². The van der Waals surface area contributed by atoms with Crippen LogP contribution in [-0.2, 0) is 0 Å². The van der Waals surface area contributed by atoms with Crippen molar-refractivity contribution in [3.05, 3.63) is 34.6 Å². The summed E-state index contributed by atoms with van der Waals surface area (Å²) in [6.45, 7) is 6.96. The summed E-state index contributed by atoms with van der Waals surface area (Å²) in [6, 6.07) is 3.88. The van der Waals surface area contributed by atoms with Crippen LogP contribution in [-0.4, -0.2) is 17.5 Å². The lowest BCUT2D eigenvalue weighted by Gasteiger charge is -2.26. The predicted molar refractivity (Wildman–Crippen MR) is 91.6 cm³/mol. The first kappa shape index (κ1) is 16.8. The monoisotopic (exact) mass is 309 g/mol. The second-order valence-corrected chi connectivity index (χ2v) is 7.51. The van der Waals surface area contributed by atoms with E-state index >= 15 is 0 Å². The van der Waals surface area contributed by atoms with Crippen LogP contribution in [0.2, 0.25) is 0 Å². The van der Waals surface area contributed by atoms with E-state index in [-0.39, 0.29) is 11.9 Å². The van der Waals surface area contributed by atoms with Gasteiger partial charge in [-0.2, -0.15) is 11.8 Å². The van der Waals surface area contributed by atoms with E-state index in [0.717, 1.165) is 34.2 Å². The van der Waals surface area contributed by atoms with Crippen molar-refractivity contribution in [1.82, 2.24) is 5.32 Å². The summed E-state index contributed by atoms with van der Waals surface area (Å²) in [4.78, 5) is 0. The first-order valence-corrected chi connectivity index (χ1v) is 9.28. The van der Waals surface area contributed by atoms with Gasteiger partial charge in [0.2, 0.25) is 0 Å². The lowest BCUT2D eigenvalue weighted by Crippen LogP contribution is -2.26. The van der Waals surface area contributed by atoms with Crippen molar-refractivity contribution >= 4 is 11.8 Å². The molecule has 1 nitrogen and oxygen atoms in total. The van der Waals surface area contributed by atoms with Gasteiger partial charge in [0, 0.05) is 22.6 Å². The van der Waals surface area contributed by atoms with Crippen molar-refractivity contribution < 1.29 is 4.39 Å². The molecule has 1 aromatic rings. The number of thioether (sulfide) groups is 1. The molecular weight excluding hydrogens is 281 g/mol. The van der Waals surface area contributed by atoms with Gasteiger partial charge in [-0.1, -0.05) is 32.3 Å². The highest BCUT2D eigenvalue weighted by molar-refractivity contribution is 7.99. The standard InChI is InChI=1S/C18H28FNS/c1-4-20-17(12-21-15-8-6-5-7-9-15)18-14(3)10-13(2)11-16(18)19/h10-11,15,17,20H,4-9,12H2,1-3H3. The summed E-state index contributed by atoms with van der Waals surface area (Å²) in [6.07, 6.45) is 6.78. The largest absolute Gasteiger partial charge is 0.309 e. The van der Waals surface area contributed by atoms with E-state index in [0.29, 0.717) is 0 Å². The molecule has 2 rings (SSSR count). The Labute approximate surface area is 133 Å². The second-order valence-electron chi connectivity index (χ2n) is 6.18. The Balaban J connectivity index is 2.07. The highest BCUT2D eigenvalue weighted by Gasteiger charge is 2.21. The van der Waals surface area contributed by atoms with E-state index < -0.39 is 0 Å². The molecule has 1 saturated carbocycles. The quantitative estimate of drug-likeness (QED) is 0.779. The Kier molecular flexibility index (Phi) is 6.56. The minimum Gasteiger partial charge on any atom is -0.309 e. The molecule has 1 N–H and O–H groups in total. The first-order chi connectivity index (χ1) is 10.1. The molecule has 0 radical (unpaired) electrons. The molecule has 118 valence electrons. The van der Waals surface area contributed by atoms with Gasteiger partial charge in [-0.25, -0.2) is 4.39 Å². The highest BCUT2D eigenvalue weighted by atomic mass is 32.2. The topological polar surface area (TPSA) is 12.0 Å². The van der Waals surface area contributed by atoms with Crippen LogP contribution in [0.25, 0.3) is 0 Å². The zero-order chi connectivity index (χ0) is 15.2. The first-order valence-electron chi connectivity index (χ1n) is 8.23. The highest BCUT2D eigenvalue weighted by Crippen LogP contribution is 2.32. The zero-order valence-corrected chi connectivity index (χ0v) is 14.4. The molecule has 0 heterocycles. The van der Waals surface area contributed by atoms with Crippen LogP contribution < -0.4 is 5.32 Å². The van der Waals surface area contributed by atoms with Crippen LogP contribution >= 0.6 is 11.8 Å². The van der Waals surface area contributed by atoms with Crippen molar-refractivity contribution in [3.63, 3.8) is 0 Å². The number of hydrogen-bond acceptors (Lipinski definition) is 2. The summed E-state index contributed by atoms with van der Waals surface area (Å²) < 4.78 is 14.4. The Hall–Kier alpha value is -0.540. The Bertz CT molecular complexity index is 432. The van der Waals surface area contributed by atoms with E-state index in [9.17, 15) is 4.39 Å². The molecule has 1 aromatic carbocycles. The minimum absolute atomic E-state index is 0.0531. The Morgan fingerprint density at radius 1 is 1.24 bits per heavy atom. The normalized spacial score (nSPS) is 17.9. The van der Waals surface area contributed by atoms with Crippen LogP contribution in [0.1, 0.15) is 61.8 Å². The van der Waals surface area contributed by atoms with E-state index in [1.54, 1.807) is 6.07 Å². The fourth-order valence-corrected chi connectivity index (χ4v) is 4.74. The molecule has 3 heteroatoms. The Morgan fingerprint density at radius 2 is 1.95 bits per heavy atom. The molecule has 1 fully saturated rings. The lowest BCUT2D eigenvalue weighted by atomic mass is 9.99. The number of benzene rings is 1. The van der Waals surface area contributed by atoms with Crippen molar-refractivity contribution in [3.8, 4) is 0 Å². The molecule has 0 aromatic heterocycles. The van der Waals surface area contributed by atoms with E-state index in [1.165, 1.54) is 32.1 Å². The van der Waals surface area contributed by atoms with Crippen LogP contribution in [0.15, 0.2) is 12.1 Å². The minimum atomic E-state index is -0.0531. The van der Waals surface area contributed by atoms with Gasteiger partial charge in [-0.3, -0.25) is 0 Å². The molecule has 0 aliphatic heterocycles.